The van der Waals surface area contributed by atoms with Crippen LogP contribution >= 0.6 is 11.3 Å². The summed E-state index contributed by atoms with van der Waals surface area (Å²) in [5.74, 6) is 0.0562. The third-order valence-corrected chi connectivity index (χ3v) is 4.62. The second-order valence-electron chi connectivity index (χ2n) is 5.47. The van der Waals surface area contributed by atoms with Gasteiger partial charge in [-0.05, 0) is 23.3 Å². The van der Waals surface area contributed by atoms with Gasteiger partial charge in [-0.25, -0.2) is 4.98 Å². The predicted molar refractivity (Wildman–Crippen MR) is 93.7 cm³/mol. The Balaban J connectivity index is 1.50. The third kappa shape index (κ3) is 2.96. The van der Waals surface area contributed by atoms with Gasteiger partial charge in [0.25, 0.3) is 0 Å². The number of thiazole rings is 1. The van der Waals surface area contributed by atoms with Crippen LogP contribution in [0.15, 0.2) is 53.9 Å². The van der Waals surface area contributed by atoms with Crippen LogP contribution in [0.1, 0.15) is 11.1 Å². The average molecular weight is 321 g/mol. The number of hydrogen-bond donors (Lipinski definition) is 2. The van der Waals surface area contributed by atoms with E-state index in [1.54, 1.807) is 11.3 Å². The molecule has 1 aliphatic rings. The number of nitrogens with one attached hydrogen (secondary N) is 2. The van der Waals surface area contributed by atoms with Crippen LogP contribution in [0.4, 0.5) is 10.8 Å². The van der Waals surface area contributed by atoms with Crippen molar-refractivity contribution in [2.24, 2.45) is 0 Å². The maximum absolute atomic E-state index is 11.4. The Morgan fingerprint density at radius 1 is 1.17 bits per heavy atom. The number of benzene rings is 2. The molecule has 0 bridgehead atoms. The van der Waals surface area contributed by atoms with E-state index in [1.807, 2.05) is 41.8 Å². The summed E-state index contributed by atoms with van der Waals surface area (Å²) in [6.07, 6.45) is 0.451. The minimum atomic E-state index is 0.0562. The summed E-state index contributed by atoms with van der Waals surface area (Å²) >= 11 is 1.59. The van der Waals surface area contributed by atoms with Crippen LogP contribution in [0, 0.1) is 0 Å². The number of nitrogens with zero attached hydrogens (tertiary/aromatic N) is 1. The summed E-state index contributed by atoms with van der Waals surface area (Å²) in [5.41, 5.74) is 5.17. The van der Waals surface area contributed by atoms with Crippen molar-refractivity contribution in [3.63, 3.8) is 0 Å². The lowest BCUT2D eigenvalue weighted by Crippen LogP contribution is -2.03. The van der Waals surface area contributed by atoms with E-state index in [2.05, 4.69) is 27.8 Å². The topological polar surface area (TPSA) is 54.0 Å². The lowest BCUT2D eigenvalue weighted by Gasteiger charge is -2.03. The molecule has 3 aromatic rings. The lowest BCUT2D eigenvalue weighted by atomic mass is 10.1. The van der Waals surface area contributed by atoms with Crippen molar-refractivity contribution in [2.45, 2.75) is 13.0 Å². The highest BCUT2D eigenvalue weighted by atomic mass is 32.1. The van der Waals surface area contributed by atoms with Crippen molar-refractivity contribution in [3.05, 3.63) is 65.0 Å². The first-order valence-corrected chi connectivity index (χ1v) is 8.32. The van der Waals surface area contributed by atoms with Crippen molar-refractivity contribution < 1.29 is 4.79 Å². The average Bonchev–Trinajstić information content (AvgIpc) is 3.18. The van der Waals surface area contributed by atoms with Crippen molar-refractivity contribution in [3.8, 4) is 11.3 Å². The molecule has 0 saturated heterocycles. The first-order valence-electron chi connectivity index (χ1n) is 7.44. The molecule has 2 N–H and O–H groups in total. The zero-order valence-corrected chi connectivity index (χ0v) is 13.2. The number of aromatic nitrogens is 1. The van der Waals surface area contributed by atoms with Gasteiger partial charge in [-0.1, -0.05) is 36.4 Å². The molecule has 1 aromatic heterocycles. The van der Waals surface area contributed by atoms with Crippen LogP contribution in [0.3, 0.4) is 0 Å². The third-order valence-electron chi connectivity index (χ3n) is 3.82. The largest absolute Gasteiger partial charge is 0.357 e. The van der Waals surface area contributed by atoms with Gasteiger partial charge in [0.15, 0.2) is 5.13 Å². The van der Waals surface area contributed by atoms with Crippen LogP contribution in [0.25, 0.3) is 11.3 Å². The zero-order valence-electron chi connectivity index (χ0n) is 12.4. The first-order chi connectivity index (χ1) is 11.3. The molecule has 0 fully saturated rings. The molecule has 4 rings (SSSR count). The van der Waals surface area contributed by atoms with Crippen LogP contribution in [-0.2, 0) is 17.8 Å². The Labute approximate surface area is 138 Å². The molecular formula is C18H15N3OS. The van der Waals surface area contributed by atoms with Gasteiger partial charge in [0.1, 0.15) is 0 Å². The molecular weight excluding hydrogens is 306 g/mol. The van der Waals surface area contributed by atoms with Gasteiger partial charge in [-0.3, -0.25) is 4.79 Å². The molecule has 0 atom stereocenters. The van der Waals surface area contributed by atoms with E-state index in [9.17, 15) is 4.79 Å². The number of amides is 1. The molecule has 1 aliphatic heterocycles. The predicted octanol–water partition coefficient (Wildman–Crippen LogP) is 3.92. The Hall–Kier alpha value is -2.66. The van der Waals surface area contributed by atoms with E-state index in [0.717, 1.165) is 34.2 Å². The summed E-state index contributed by atoms with van der Waals surface area (Å²) in [5, 5.41) is 9.14. The van der Waals surface area contributed by atoms with Gasteiger partial charge < -0.3 is 10.6 Å². The van der Waals surface area contributed by atoms with Gasteiger partial charge in [-0.2, -0.15) is 0 Å². The highest BCUT2D eigenvalue weighted by Crippen LogP contribution is 2.30. The molecule has 2 aromatic carbocycles. The van der Waals surface area contributed by atoms with Crippen LogP contribution < -0.4 is 10.6 Å². The fraction of sp³-hybridized carbons (Fsp3) is 0.111. The summed E-state index contributed by atoms with van der Waals surface area (Å²) in [6, 6.07) is 16.3. The Morgan fingerprint density at radius 3 is 2.91 bits per heavy atom. The number of hydrogen-bond acceptors (Lipinski definition) is 4. The smallest absolute Gasteiger partial charge is 0.228 e. The molecule has 0 unspecified atom stereocenters. The fourth-order valence-corrected chi connectivity index (χ4v) is 3.37. The molecule has 114 valence electrons. The normalized spacial score (nSPS) is 12.8. The van der Waals surface area contributed by atoms with Crippen LogP contribution in [0.2, 0.25) is 0 Å². The van der Waals surface area contributed by atoms with Crippen LogP contribution in [-0.4, -0.2) is 10.9 Å². The molecule has 23 heavy (non-hydrogen) atoms. The number of fused-ring (bicyclic) bond motifs is 1. The molecule has 5 heteroatoms. The summed E-state index contributed by atoms with van der Waals surface area (Å²) < 4.78 is 0. The Kier molecular flexibility index (Phi) is 3.55. The maximum Gasteiger partial charge on any atom is 0.228 e. The van der Waals surface area contributed by atoms with Gasteiger partial charge in [0.2, 0.25) is 5.91 Å². The molecule has 2 heterocycles. The van der Waals surface area contributed by atoms with Gasteiger partial charge in [0.05, 0.1) is 12.1 Å². The maximum atomic E-state index is 11.4. The van der Waals surface area contributed by atoms with Crippen molar-refractivity contribution >= 4 is 28.1 Å². The SMILES string of the molecule is O=C1Cc2cc(-c3csc(NCc4ccccc4)n3)ccc2N1. The van der Waals surface area contributed by atoms with Crippen molar-refractivity contribution in [1.82, 2.24) is 4.98 Å². The molecule has 0 spiro atoms. The fourth-order valence-electron chi connectivity index (χ4n) is 2.65. The molecule has 4 nitrogen and oxygen atoms in total. The van der Waals surface area contributed by atoms with Gasteiger partial charge >= 0.3 is 0 Å². The Morgan fingerprint density at radius 2 is 2.04 bits per heavy atom. The number of rotatable bonds is 4. The standard InChI is InChI=1S/C18H15N3OS/c22-17-9-14-8-13(6-7-15(14)20-17)16-11-23-18(21-16)19-10-12-4-2-1-3-5-12/h1-8,11H,9-10H2,(H,19,21)(H,20,22). The first kappa shape index (κ1) is 14.0. The van der Waals surface area contributed by atoms with Crippen molar-refractivity contribution in [1.29, 1.82) is 0 Å². The zero-order chi connectivity index (χ0) is 15.6. The van der Waals surface area contributed by atoms with Crippen LogP contribution in [0.5, 0.6) is 0 Å². The lowest BCUT2D eigenvalue weighted by molar-refractivity contribution is -0.115. The summed E-state index contributed by atoms with van der Waals surface area (Å²) in [7, 11) is 0. The van der Waals surface area contributed by atoms with Gasteiger partial charge in [0, 0.05) is 23.2 Å². The Bertz CT molecular complexity index is 858. The molecule has 0 aliphatic carbocycles. The monoisotopic (exact) mass is 321 g/mol. The highest BCUT2D eigenvalue weighted by molar-refractivity contribution is 7.14. The molecule has 0 saturated carbocycles. The molecule has 0 radical (unpaired) electrons. The van der Waals surface area contributed by atoms with E-state index < -0.39 is 0 Å². The number of carbonyl (C=O) groups is 1. The minimum absolute atomic E-state index is 0.0562. The van der Waals surface area contributed by atoms with E-state index in [1.165, 1.54) is 5.56 Å². The number of anilines is 2. The van der Waals surface area contributed by atoms with E-state index in [0.29, 0.717) is 6.42 Å². The second-order valence-corrected chi connectivity index (χ2v) is 6.33. The van der Waals surface area contributed by atoms with E-state index >= 15 is 0 Å². The number of carbonyl (C=O) groups excluding carboxylic acids is 1. The molecule has 1 amide bonds. The summed E-state index contributed by atoms with van der Waals surface area (Å²) in [4.78, 5) is 16.1. The quantitative estimate of drug-likeness (QED) is 0.766. The van der Waals surface area contributed by atoms with Crippen molar-refractivity contribution in [2.75, 3.05) is 10.6 Å². The van der Waals surface area contributed by atoms with E-state index in [4.69, 9.17) is 0 Å². The second kappa shape index (κ2) is 5.85. The van der Waals surface area contributed by atoms with E-state index in [-0.39, 0.29) is 5.91 Å². The summed E-state index contributed by atoms with van der Waals surface area (Å²) in [6.45, 7) is 0.760. The minimum Gasteiger partial charge on any atom is -0.357 e. The highest BCUT2D eigenvalue weighted by Gasteiger charge is 2.18. The van der Waals surface area contributed by atoms with Gasteiger partial charge in [-0.15, -0.1) is 11.3 Å².